The zero-order valence-electron chi connectivity index (χ0n) is 17.4. The first-order valence-corrected chi connectivity index (χ1v) is 11.5. The van der Waals surface area contributed by atoms with E-state index in [2.05, 4.69) is 13.8 Å². The first-order valence-electron chi connectivity index (χ1n) is 11.5. The molecular weight excluding hydrogens is 360 g/mol. The van der Waals surface area contributed by atoms with Gasteiger partial charge in [-0.05, 0) is 31.6 Å². The van der Waals surface area contributed by atoms with Crippen LogP contribution in [-0.2, 0) is 28.4 Å². The summed E-state index contributed by atoms with van der Waals surface area (Å²) in [6, 6.07) is 0. The first-order chi connectivity index (χ1) is 13.6. The lowest BCUT2D eigenvalue weighted by atomic mass is 9.94. The first kappa shape index (κ1) is 19.7. The molecule has 160 valence electrons. The van der Waals surface area contributed by atoms with Crippen LogP contribution in [0.2, 0.25) is 0 Å². The maximum atomic E-state index is 6.52. The Morgan fingerprint density at radius 1 is 0.821 bits per heavy atom. The average molecular weight is 397 g/mol. The number of fused-ring (bicyclic) bond motifs is 1. The van der Waals surface area contributed by atoms with E-state index in [4.69, 9.17) is 28.4 Å². The summed E-state index contributed by atoms with van der Waals surface area (Å²) in [4.78, 5) is 0. The standard InChI is InChI=1S/C22H36O6/c1-15(2)13-23-18-17(16-14-24-21(26-16)9-5-3-6-10-21)25-20-19(18)27-22(28-20)11-7-4-8-12-22/h15-20H,3-14H2,1-2H3/t16-,17+,18-,19+,20+/m0/s1. The SMILES string of the molecule is CC(C)CO[C@@H]1[C@H]2OC3(CCCCC3)O[C@H]2O[C@@H]1[C@@H]1COC2(CCCCC2)O1. The maximum absolute atomic E-state index is 6.52. The van der Waals surface area contributed by atoms with E-state index in [1.54, 1.807) is 0 Å². The molecule has 0 aromatic rings. The largest absolute Gasteiger partial charge is 0.372 e. The van der Waals surface area contributed by atoms with Crippen LogP contribution in [0.1, 0.15) is 78.1 Å². The van der Waals surface area contributed by atoms with Gasteiger partial charge in [-0.3, -0.25) is 0 Å². The predicted octanol–water partition coefficient (Wildman–Crippen LogP) is 3.90. The second-order valence-electron chi connectivity index (χ2n) is 9.77. The Balaban J connectivity index is 1.30. The molecule has 0 bridgehead atoms. The van der Waals surface area contributed by atoms with Gasteiger partial charge in [-0.1, -0.05) is 26.7 Å². The van der Waals surface area contributed by atoms with Gasteiger partial charge in [-0.2, -0.15) is 0 Å². The Hall–Kier alpha value is -0.240. The Kier molecular flexibility index (Phi) is 5.48. The molecule has 0 aromatic carbocycles. The van der Waals surface area contributed by atoms with Crippen LogP contribution in [0.25, 0.3) is 0 Å². The summed E-state index contributed by atoms with van der Waals surface area (Å²) in [6.07, 6.45) is 10.1. The summed E-state index contributed by atoms with van der Waals surface area (Å²) in [5.41, 5.74) is 0. The number of rotatable bonds is 4. The lowest BCUT2D eigenvalue weighted by Crippen LogP contribution is -2.46. The van der Waals surface area contributed by atoms with E-state index < -0.39 is 11.6 Å². The Bertz CT molecular complexity index is 539. The zero-order chi connectivity index (χ0) is 19.2. The molecule has 0 unspecified atom stereocenters. The average Bonchev–Trinajstić information content (AvgIpc) is 3.33. The van der Waals surface area contributed by atoms with Gasteiger partial charge in [0.15, 0.2) is 17.9 Å². The highest BCUT2D eigenvalue weighted by Crippen LogP contribution is 2.48. The molecule has 28 heavy (non-hydrogen) atoms. The second-order valence-corrected chi connectivity index (χ2v) is 9.77. The van der Waals surface area contributed by atoms with Crippen LogP contribution in [0.15, 0.2) is 0 Å². The quantitative estimate of drug-likeness (QED) is 0.718. The van der Waals surface area contributed by atoms with Gasteiger partial charge in [0, 0.05) is 32.3 Å². The molecule has 3 aliphatic heterocycles. The van der Waals surface area contributed by atoms with E-state index in [0.29, 0.717) is 19.1 Å². The Morgan fingerprint density at radius 2 is 1.50 bits per heavy atom. The number of hydrogen-bond acceptors (Lipinski definition) is 6. The van der Waals surface area contributed by atoms with Crippen molar-refractivity contribution in [1.82, 2.24) is 0 Å². The highest BCUT2D eigenvalue weighted by atomic mass is 16.9. The molecule has 6 heteroatoms. The topological polar surface area (TPSA) is 55.4 Å². The van der Waals surface area contributed by atoms with Crippen LogP contribution in [-0.4, -0.2) is 55.5 Å². The Morgan fingerprint density at radius 3 is 2.18 bits per heavy atom. The molecule has 3 saturated heterocycles. The lowest BCUT2D eigenvalue weighted by Gasteiger charge is -2.35. The molecule has 0 aromatic heterocycles. The van der Waals surface area contributed by atoms with Crippen LogP contribution in [0, 0.1) is 5.92 Å². The van der Waals surface area contributed by atoms with E-state index >= 15 is 0 Å². The van der Waals surface area contributed by atoms with Crippen LogP contribution in [0.4, 0.5) is 0 Å². The highest BCUT2D eigenvalue weighted by Gasteiger charge is 2.61. The predicted molar refractivity (Wildman–Crippen MR) is 102 cm³/mol. The summed E-state index contributed by atoms with van der Waals surface area (Å²) in [5, 5.41) is 0. The molecule has 6 nitrogen and oxygen atoms in total. The molecule has 0 N–H and O–H groups in total. The molecule has 5 rings (SSSR count). The van der Waals surface area contributed by atoms with Gasteiger partial charge in [0.2, 0.25) is 0 Å². The lowest BCUT2D eigenvalue weighted by molar-refractivity contribution is -0.262. The zero-order valence-corrected chi connectivity index (χ0v) is 17.4. The van der Waals surface area contributed by atoms with Crippen molar-refractivity contribution in [3.05, 3.63) is 0 Å². The van der Waals surface area contributed by atoms with E-state index in [1.165, 1.54) is 25.7 Å². The van der Waals surface area contributed by atoms with Gasteiger partial charge in [-0.15, -0.1) is 0 Å². The Labute approximate surface area is 168 Å². The van der Waals surface area contributed by atoms with Crippen molar-refractivity contribution in [2.75, 3.05) is 13.2 Å². The molecule has 2 saturated carbocycles. The van der Waals surface area contributed by atoms with E-state index in [0.717, 1.165) is 38.5 Å². The van der Waals surface area contributed by atoms with Crippen molar-refractivity contribution in [3.8, 4) is 0 Å². The van der Waals surface area contributed by atoms with Crippen LogP contribution >= 0.6 is 0 Å². The molecule has 5 fully saturated rings. The monoisotopic (exact) mass is 396 g/mol. The maximum Gasteiger partial charge on any atom is 0.190 e. The van der Waals surface area contributed by atoms with E-state index in [1.807, 2.05) is 0 Å². The summed E-state index contributed by atoms with van der Waals surface area (Å²) >= 11 is 0. The van der Waals surface area contributed by atoms with Crippen molar-refractivity contribution in [2.45, 2.75) is 120 Å². The van der Waals surface area contributed by atoms with Crippen LogP contribution in [0.5, 0.6) is 0 Å². The highest BCUT2D eigenvalue weighted by molar-refractivity contribution is 5.01. The minimum absolute atomic E-state index is 0.115. The molecular formula is C22H36O6. The van der Waals surface area contributed by atoms with Crippen LogP contribution < -0.4 is 0 Å². The third-order valence-corrected chi connectivity index (χ3v) is 6.98. The second kappa shape index (κ2) is 7.78. The summed E-state index contributed by atoms with van der Waals surface area (Å²) in [6.45, 7) is 5.59. The fourth-order valence-electron chi connectivity index (χ4n) is 5.57. The molecule has 0 amide bonds. The molecule has 0 radical (unpaired) electrons. The minimum atomic E-state index is -0.463. The normalized spacial score (nSPS) is 41.9. The molecule has 2 spiro atoms. The summed E-state index contributed by atoms with van der Waals surface area (Å²) < 4.78 is 38.3. The third kappa shape index (κ3) is 3.65. The fraction of sp³-hybridized carbons (Fsp3) is 1.00. The molecule has 5 aliphatic rings. The minimum Gasteiger partial charge on any atom is -0.372 e. The van der Waals surface area contributed by atoms with Gasteiger partial charge < -0.3 is 28.4 Å². The third-order valence-electron chi connectivity index (χ3n) is 6.98. The van der Waals surface area contributed by atoms with Gasteiger partial charge >= 0.3 is 0 Å². The molecule has 2 aliphatic carbocycles. The van der Waals surface area contributed by atoms with Crippen molar-refractivity contribution in [1.29, 1.82) is 0 Å². The van der Waals surface area contributed by atoms with Gasteiger partial charge in [0.1, 0.15) is 24.4 Å². The smallest absolute Gasteiger partial charge is 0.190 e. The number of hydrogen-bond donors (Lipinski definition) is 0. The van der Waals surface area contributed by atoms with Crippen molar-refractivity contribution in [2.24, 2.45) is 5.92 Å². The summed E-state index contributed by atoms with van der Waals surface area (Å²) in [7, 11) is 0. The van der Waals surface area contributed by atoms with E-state index in [9.17, 15) is 0 Å². The van der Waals surface area contributed by atoms with Crippen molar-refractivity contribution < 1.29 is 28.4 Å². The van der Waals surface area contributed by atoms with E-state index in [-0.39, 0.29) is 30.7 Å². The van der Waals surface area contributed by atoms with Crippen molar-refractivity contribution >= 4 is 0 Å². The summed E-state index contributed by atoms with van der Waals surface area (Å²) in [5.74, 6) is -0.412. The fourth-order valence-corrected chi connectivity index (χ4v) is 5.57. The van der Waals surface area contributed by atoms with Crippen LogP contribution in [0.3, 0.4) is 0 Å². The molecule has 5 atom stereocenters. The van der Waals surface area contributed by atoms with Crippen molar-refractivity contribution in [3.63, 3.8) is 0 Å². The van der Waals surface area contributed by atoms with Gasteiger partial charge in [0.05, 0.1) is 6.61 Å². The molecule has 3 heterocycles. The van der Waals surface area contributed by atoms with Gasteiger partial charge in [-0.25, -0.2) is 0 Å². The number of ether oxygens (including phenoxy) is 6. The van der Waals surface area contributed by atoms with Gasteiger partial charge in [0.25, 0.3) is 0 Å².